The summed E-state index contributed by atoms with van der Waals surface area (Å²) in [5.74, 6) is 4.28. The zero-order valence-corrected chi connectivity index (χ0v) is 29.6. The van der Waals surface area contributed by atoms with Crippen molar-refractivity contribution in [1.29, 1.82) is 0 Å². The minimum atomic E-state index is -0.561. The molecule has 2 heterocycles. The Morgan fingerprint density at radius 1 is 0.569 bits per heavy atom. The van der Waals surface area contributed by atoms with E-state index in [-0.39, 0.29) is 5.44 Å². The van der Waals surface area contributed by atoms with Crippen LogP contribution in [-0.4, -0.2) is 28.8 Å². The third-order valence-corrected chi connectivity index (χ3v) is 13.3. The van der Waals surface area contributed by atoms with Gasteiger partial charge in [-0.05, 0) is 113 Å². The summed E-state index contributed by atoms with van der Waals surface area (Å²) in [7, 11) is 0. The van der Waals surface area contributed by atoms with Crippen molar-refractivity contribution in [2.45, 2.75) is 22.5 Å². The third-order valence-electron chi connectivity index (χ3n) is 11.2. The van der Waals surface area contributed by atoms with Gasteiger partial charge in [0.05, 0.1) is 5.41 Å². The van der Waals surface area contributed by atoms with E-state index in [1.54, 1.807) is 0 Å². The molecule has 0 bridgehead atoms. The largest absolute Gasteiger partial charge is 0.492 e. The molecule has 0 amide bonds. The Bertz CT molecular complexity index is 2690. The number of hydrogen-bond donors (Lipinski definition) is 0. The standard InChI is InChI=1S/C47H34O2S2/c1-3-7-40-29(5-1)14-20-43-45(40)42-19-13-30-6-2-4-8-41(30)46(42)47(43,35-15-9-33-25-37(17-11-31(33)23-35)48-27-39-28-51-39)36-16-10-34-26-38(18-12-32(34)24-36)49-44-21-22-50-44/h1-20,23-26,39,44H,21-22,27-28H2. The van der Waals surface area contributed by atoms with Crippen molar-refractivity contribution in [2.75, 3.05) is 18.1 Å². The fourth-order valence-electron chi connectivity index (χ4n) is 8.55. The second-order valence-electron chi connectivity index (χ2n) is 14.1. The molecular weight excluding hydrogens is 661 g/mol. The summed E-state index contributed by atoms with van der Waals surface area (Å²) >= 11 is 3.86. The highest BCUT2D eigenvalue weighted by Crippen LogP contribution is 2.60. The Labute approximate surface area is 305 Å². The monoisotopic (exact) mass is 694 g/mol. The molecule has 0 N–H and O–H groups in total. The quantitative estimate of drug-likeness (QED) is 0.155. The summed E-state index contributed by atoms with van der Waals surface area (Å²) in [5, 5.41) is 10.6. The maximum absolute atomic E-state index is 6.29. The highest BCUT2D eigenvalue weighted by molar-refractivity contribution is 8.06. The van der Waals surface area contributed by atoms with E-state index in [1.165, 1.54) is 88.0 Å². The molecular formula is C47H34O2S2. The molecule has 51 heavy (non-hydrogen) atoms. The molecule has 3 unspecified atom stereocenters. The van der Waals surface area contributed by atoms with Gasteiger partial charge in [0.2, 0.25) is 0 Å². The maximum Gasteiger partial charge on any atom is 0.145 e. The van der Waals surface area contributed by atoms with Gasteiger partial charge in [-0.1, -0.05) is 109 Å². The first-order valence-corrected chi connectivity index (χ1v) is 20.0. The van der Waals surface area contributed by atoms with Gasteiger partial charge in [-0.25, -0.2) is 0 Å². The van der Waals surface area contributed by atoms with Gasteiger partial charge < -0.3 is 9.47 Å². The number of benzene rings is 8. The zero-order valence-electron chi connectivity index (χ0n) is 28.0. The van der Waals surface area contributed by atoms with Gasteiger partial charge in [0, 0.05) is 23.2 Å². The molecule has 246 valence electrons. The second kappa shape index (κ2) is 11.6. The molecule has 11 rings (SSSR count). The van der Waals surface area contributed by atoms with Gasteiger partial charge in [0.25, 0.3) is 0 Å². The molecule has 8 aromatic rings. The van der Waals surface area contributed by atoms with E-state index in [0.717, 1.165) is 24.5 Å². The molecule has 0 aromatic heterocycles. The van der Waals surface area contributed by atoms with Crippen LogP contribution >= 0.6 is 23.5 Å². The van der Waals surface area contributed by atoms with Crippen molar-refractivity contribution in [3.8, 4) is 22.6 Å². The predicted octanol–water partition coefficient (Wildman–Crippen LogP) is 12.0. The van der Waals surface area contributed by atoms with Gasteiger partial charge in [0.1, 0.15) is 23.5 Å². The van der Waals surface area contributed by atoms with Crippen LogP contribution in [0, 0.1) is 0 Å². The normalized spacial score (nSPS) is 20.3. The van der Waals surface area contributed by atoms with Gasteiger partial charge >= 0.3 is 0 Å². The number of hydrogen-bond acceptors (Lipinski definition) is 4. The van der Waals surface area contributed by atoms with E-state index in [4.69, 9.17) is 9.47 Å². The van der Waals surface area contributed by atoms with Crippen LogP contribution < -0.4 is 9.47 Å². The van der Waals surface area contributed by atoms with E-state index < -0.39 is 5.41 Å². The first-order chi connectivity index (χ1) is 25.2. The molecule has 8 aromatic carbocycles. The summed E-state index contributed by atoms with van der Waals surface area (Å²) in [5.41, 5.74) is 7.57. The highest BCUT2D eigenvalue weighted by Gasteiger charge is 2.48. The van der Waals surface area contributed by atoms with Gasteiger partial charge in [-0.15, -0.1) is 11.8 Å². The van der Waals surface area contributed by atoms with Gasteiger partial charge in [-0.2, -0.15) is 11.8 Å². The number of ether oxygens (including phenoxy) is 2. The molecule has 2 saturated heterocycles. The van der Waals surface area contributed by atoms with Crippen LogP contribution in [0.5, 0.6) is 11.5 Å². The fraction of sp³-hybridized carbons (Fsp3) is 0.149. The van der Waals surface area contributed by atoms with Crippen LogP contribution in [0.2, 0.25) is 0 Å². The zero-order chi connectivity index (χ0) is 33.5. The predicted molar refractivity (Wildman–Crippen MR) is 217 cm³/mol. The molecule has 2 nitrogen and oxygen atoms in total. The molecule has 0 saturated carbocycles. The van der Waals surface area contributed by atoms with Crippen LogP contribution in [0.15, 0.2) is 146 Å². The summed E-state index contributed by atoms with van der Waals surface area (Å²) < 4.78 is 12.5. The molecule has 2 fully saturated rings. The molecule has 3 atom stereocenters. The van der Waals surface area contributed by atoms with Crippen molar-refractivity contribution in [1.82, 2.24) is 0 Å². The average Bonchev–Trinajstić information content (AvgIpc) is 3.95. The lowest BCUT2D eigenvalue weighted by Gasteiger charge is -2.35. The number of rotatable bonds is 7. The Morgan fingerprint density at radius 3 is 1.86 bits per heavy atom. The smallest absolute Gasteiger partial charge is 0.145 e. The lowest BCUT2D eigenvalue weighted by Crippen LogP contribution is -2.29. The fourth-order valence-corrected chi connectivity index (χ4v) is 9.55. The molecule has 1 aliphatic carbocycles. The molecule has 3 aliphatic rings. The second-order valence-corrected chi connectivity index (χ2v) is 16.7. The van der Waals surface area contributed by atoms with Crippen LogP contribution in [0.4, 0.5) is 0 Å². The Balaban J connectivity index is 1.19. The topological polar surface area (TPSA) is 18.5 Å². The summed E-state index contributed by atoms with van der Waals surface area (Å²) in [6.07, 6.45) is 1.12. The molecule has 0 radical (unpaired) electrons. The van der Waals surface area contributed by atoms with Crippen molar-refractivity contribution >= 4 is 66.6 Å². The number of fused-ring (bicyclic) bond motifs is 9. The lowest BCUT2D eigenvalue weighted by molar-refractivity contribution is 0.272. The average molecular weight is 695 g/mol. The Hall–Kier alpha value is -4.90. The van der Waals surface area contributed by atoms with E-state index in [1.807, 2.05) is 23.5 Å². The minimum absolute atomic E-state index is 0.271. The minimum Gasteiger partial charge on any atom is -0.492 e. The molecule has 4 heteroatoms. The first kappa shape index (κ1) is 29.8. The maximum atomic E-state index is 6.29. The SMILES string of the molecule is c1ccc2c3c(ccc2c1)C(c1ccc2cc(OCC4CS4)ccc2c1)(c1ccc2cc(OC4CCS4)ccc2c1)c1c-3ccc2ccccc12. The van der Waals surface area contributed by atoms with E-state index in [9.17, 15) is 0 Å². The first-order valence-electron chi connectivity index (χ1n) is 17.9. The summed E-state index contributed by atoms with van der Waals surface area (Å²) in [4.78, 5) is 0. The lowest BCUT2D eigenvalue weighted by atomic mass is 9.66. The van der Waals surface area contributed by atoms with Crippen LogP contribution in [-0.2, 0) is 5.41 Å². The van der Waals surface area contributed by atoms with Crippen LogP contribution in [0.25, 0.3) is 54.2 Å². The van der Waals surface area contributed by atoms with Gasteiger partial charge in [0.15, 0.2) is 0 Å². The molecule has 0 spiro atoms. The highest BCUT2D eigenvalue weighted by atomic mass is 32.2. The summed E-state index contributed by atoms with van der Waals surface area (Å²) in [6.45, 7) is 0.779. The van der Waals surface area contributed by atoms with Crippen LogP contribution in [0.3, 0.4) is 0 Å². The third kappa shape index (κ3) is 4.73. The van der Waals surface area contributed by atoms with E-state index in [2.05, 4.69) is 146 Å². The van der Waals surface area contributed by atoms with Crippen LogP contribution in [0.1, 0.15) is 28.7 Å². The Kier molecular flexibility index (Phi) is 6.75. The Morgan fingerprint density at radius 2 is 1.16 bits per heavy atom. The van der Waals surface area contributed by atoms with Crippen molar-refractivity contribution in [3.63, 3.8) is 0 Å². The summed E-state index contributed by atoms with van der Waals surface area (Å²) in [6, 6.07) is 54.6. The van der Waals surface area contributed by atoms with Gasteiger partial charge in [-0.3, -0.25) is 0 Å². The van der Waals surface area contributed by atoms with E-state index in [0.29, 0.717) is 5.25 Å². The van der Waals surface area contributed by atoms with Crippen molar-refractivity contribution < 1.29 is 9.47 Å². The van der Waals surface area contributed by atoms with E-state index >= 15 is 0 Å². The van der Waals surface area contributed by atoms with Crippen molar-refractivity contribution in [2.24, 2.45) is 0 Å². The molecule has 2 aliphatic heterocycles. The number of thioether (sulfide) groups is 2. The van der Waals surface area contributed by atoms with Crippen molar-refractivity contribution in [3.05, 3.63) is 168 Å².